The van der Waals surface area contributed by atoms with Crippen LogP contribution in [0, 0.1) is 11.3 Å². The van der Waals surface area contributed by atoms with Gasteiger partial charge < -0.3 is 10.2 Å². The second-order valence-electron chi connectivity index (χ2n) is 4.99. The molecule has 1 amide bonds. The number of rotatable bonds is 6. The zero-order valence-electron chi connectivity index (χ0n) is 11.9. The van der Waals surface area contributed by atoms with Crippen LogP contribution in [0.15, 0.2) is 24.3 Å². The number of nitrogens with one attached hydrogen (secondary N) is 2. The van der Waals surface area contributed by atoms with E-state index in [0.717, 1.165) is 18.7 Å². The first kappa shape index (κ1) is 15.2. The van der Waals surface area contributed by atoms with Gasteiger partial charge in [0, 0.05) is 11.6 Å². The summed E-state index contributed by atoms with van der Waals surface area (Å²) in [5.74, 6) is 0.0838. The Morgan fingerprint density at radius 1 is 1.37 bits per heavy atom. The largest absolute Gasteiger partial charge is 0.349 e. The van der Waals surface area contributed by atoms with E-state index in [1.54, 1.807) is 0 Å². The molecule has 0 aromatic heterocycles. The summed E-state index contributed by atoms with van der Waals surface area (Å²) in [4.78, 5) is 12.9. The molecule has 0 saturated heterocycles. The van der Waals surface area contributed by atoms with Crippen molar-refractivity contribution in [2.24, 2.45) is 0 Å². The lowest BCUT2D eigenvalue weighted by molar-refractivity contribution is -0.904. The van der Waals surface area contributed by atoms with Crippen molar-refractivity contribution in [2.75, 3.05) is 13.1 Å². The molecular formula is C15H22N3O+. The molecule has 19 heavy (non-hydrogen) atoms. The van der Waals surface area contributed by atoms with Gasteiger partial charge in [-0.05, 0) is 32.9 Å². The molecule has 1 aromatic carbocycles. The Hall–Kier alpha value is -1.86. The predicted octanol–water partition coefficient (Wildman–Crippen LogP) is 0.488. The molecule has 1 rings (SSSR count). The predicted molar refractivity (Wildman–Crippen MR) is 74.5 cm³/mol. The number of carbonyl (C=O) groups is 1. The van der Waals surface area contributed by atoms with Gasteiger partial charge >= 0.3 is 0 Å². The summed E-state index contributed by atoms with van der Waals surface area (Å²) < 4.78 is 0. The fourth-order valence-corrected chi connectivity index (χ4v) is 1.90. The number of likely N-dealkylation sites (N-methyl/N-ethyl adjacent to an activating group) is 1. The van der Waals surface area contributed by atoms with Gasteiger partial charge in [0.25, 0.3) is 5.91 Å². The Morgan fingerprint density at radius 2 is 2.00 bits per heavy atom. The molecule has 1 aromatic rings. The molecule has 0 heterocycles. The average Bonchev–Trinajstić information content (AvgIpc) is 2.37. The standard InChI is InChI=1S/C15H21N3O/c1-4-18(11-15(19)17-12(2)3)10-14-7-5-13(9-16)6-8-14/h5-8,12H,4,10-11H2,1-3H3,(H,17,19)/p+1. The lowest BCUT2D eigenvalue weighted by atomic mass is 10.1. The molecule has 0 radical (unpaired) electrons. The first-order valence-corrected chi connectivity index (χ1v) is 6.67. The maximum absolute atomic E-state index is 11.7. The third kappa shape index (κ3) is 5.54. The summed E-state index contributed by atoms with van der Waals surface area (Å²) in [6.07, 6.45) is 0. The number of nitriles is 1. The van der Waals surface area contributed by atoms with Crippen LogP contribution in [0.5, 0.6) is 0 Å². The van der Waals surface area contributed by atoms with Gasteiger partial charge in [-0.15, -0.1) is 0 Å². The summed E-state index contributed by atoms with van der Waals surface area (Å²) in [5.41, 5.74) is 1.81. The van der Waals surface area contributed by atoms with Crippen molar-refractivity contribution in [1.82, 2.24) is 5.32 Å². The molecule has 0 bridgehead atoms. The van der Waals surface area contributed by atoms with Gasteiger partial charge in [0.1, 0.15) is 6.54 Å². The lowest BCUT2D eigenvalue weighted by Gasteiger charge is -2.18. The highest BCUT2D eigenvalue weighted by atomic mass is 16.2. The summed E-state index contributed by atoms with van der Waals surface area (Å²) in [6, 6.07) is 9.82. The van der Waals surface area contributed by atoms with Crippen LogP contribution >= 0.6 is 0 Å². The molecule has 102 valence electrons. The van der Waals surface area contributed by atoms with Crippen molar-refractivity contribution in [3.05, 3.63) is 35.4 Å². The number of hydrogen-bond acceptors (Lipinski definition) is 2. The Bertz CT molecular complexity index is 445. The quantitative estimate of drug-likeness (QED) is 0.782. The average molecular weight is 260 g/mol. The van der Waals surface area contributed by atoms with Gasteiger partial charge in [0.2, 0.25) is 0 Å². The van der Waals surface area contributed by atoms with Crippen LogP contribution in [0.25, 0.3) is 0 Å². The monoisotopic (exact) mass is 260 g/mol. The highest BCUT2D eigenvalue weighted by Crippen LogP contribution is 2.01. The number of amides is 1. The SMILES string of the molecule is CC[NH+](CC(=O)NC(C)C)Cc1ccc(C#N)cc1. The molecule has 0 fully saturated rings. The van der Waals surface area contributed by atoms with Gasteiger partial charge in [-0.25, -0.2) is 0 Å². The van der Waals surface area contributed by atoms with Crippen LogP contribution in [-0.2, 0) is 11.3 Å². The van der Waals surface area contributed by atoms with E-state index in [2.05, 4.69) is 18.3 Å². The van der Waals surface area contributed by atoms with E-state index < -0.39 is 0 Å². The fourth-order valence-electron chi connectivity index (χ4n) is 1.90. The van der Waals surface area contributed by atoms with E-state index in [1.165, 1.54) is 4.90 Å². The minimum absolute atomic E-state index is 0.0838. The van der Waals surface area contributed by atoms with E-state index in [9.17, 15) is 4.79 Å². The summed E-state index contributed by atoms with van der Waals surface area (Å²) in [5, 5.41) is 11.7. The second kappa shape index (κ2) is 7.55. The molecule has 0 saturated carbocycles. The highest BCUT2D eigenvalue weighted by Gasteiger charge is 2.13. The molecule has 2 N–H and O–H groups in total. The van der Waals surface area contributed by atoms with Gasteiger partial charge in [-0.2, -0.15) is 5.26 Å². The van der Waals surface area contributed by atoms with Crippen LogP contribution in [0.1, 0.15) is 31.9 Å². The van der Waals surface area contributed by atoms with Gasteiger partial charge in [-0.3, -0.25) is 4.79 Å². The van der Waals surface area contributed by atoms with E-state index >= 15 is 0 Å². The molecule has 4 heteroatoms. The number of quaternary nitrogens is 1. The van der Waals surface area contributed by atoms with Crippen LogP contribution in [-0.4, -0.2) is 25.0 Å². The van der Waals surface area contributed by atoms with E-state index in [0.29, 0.717) is 12.1 Å². The smallest absolute Gasteiger partial charge is 0.275 e. The number of hydrogen-bond donors (Lipinski definition) is 2. The first-order chi connectivity index (χ1) is 9.05. The zero-order chi connectivity index (χ0) is 14.3. The minimum Gasteiger partial charge on any atom is -0.349 e. The van der Waals surface area contributed by atoms with Gasteiger partial charge in [0.15, 0.2) is 6.54 Å². The van der Waals surface area contributed by atoms with Crippen molar-refractivity contribution in [3.8, 4) is 6.07 Å². The Morgan fingerprint density at radius 3 is 2.47 bits per heavy atom. The Labute approximate surface area is 115 Å². The topological polar surface area (TPSA) is 57.3 Å². The summed E-state index contributed by atoms with van der Waals surface area (Å²) in [7, 11) is 0. The molecule has 4 nitrogen and oxygen atoms in total. The van der Waals surface area contributed by atoms with E-state index in [1.807, 2.05) is 38.1 Å². The number of carbonyl (C=O) groups excluding carboxylic acids is 1. The van der Waals surface area contributed by atoms with Crippen LogP contribution in [0.2, 0.25) is 0 Å². The maximum atomic E-state index is 11.7. The molecule has 1 unspecified atom stereocenters. The Balaban J connectivity index is 2.56. The minimum atomic E-state index is 0.0838. The maximum Gasteiger partial charge on any atom is 0.275 e. The lowest BCUT2D eigenvalue weighted by Crippen LogP contribution is -3.11. The molecule has 0 aliphatic rings. The van der Waals surface area contributed by atoms with Crippen molar-refractivity contribution < 1.29 is 9.69 Å². The van der Waals surface area contributed by atoms with E-state index in [4.69, 9.17) is 5.26 Å². The Kier molecular flexibility index (Phi) is 6.04. The van der Waals surface area contributed by atoms with Gasteiger partial charge in [0.05, 0.1) is 18.2 Å². The van der Waals surface area contributed by atoms with Gasteiger partial charge in [-0.1, -0.05) is 12.1 Å². The third-order valence-corrected chi connectivity index (χ3v) is 2.90. The normalized spacial score (nSPS) is 11.9. The van der Waals surface area contributed by atoms with Crippen molar-refractivity contribution in [3.63, 3.8) is 0 Å². The van der Waals surface area contributed by atoms with Crippen molar-refractivity contribution in [1.29, 1.82) is 5.26 Å². The van der Waals surface area contributed by atoms with Crippen LogP contribution < -0.4 is 10.2 Å². The molecule has 0 aliphatic heterocycles. The number of benzene rings is 1. The fraction of sp³-hybridized carbons (Fsp3) is 0.467. The molecule has 0 spiro atoms. The first-order valence-electron chi connectivity index (χ1n) is 6.67. The third-order valence-electron chi connectivity index (χ3n) is 2.90. The molecule has 1 atom stereocenters. The van der Waals surface area contributed by atoms with Crippen LogP contribution in [0.4, 0.5) is 0 Å². The van der Waals surface area contributed by atoms with Crippen molar-refractivity contribution >= 4 is 5.91 Å². The highest BCUT2D eigenvalue weighted by molar-refractivity contribution is 5.77. The van der Waals surface area contributed by atoms with Crippen LogP contribution in [0.3, 0.4) is 0 Å². The molecule has 0 aliphatic carbocycles. The summed E-state index contributed by atoms with van der Waals surface area (Å²) >= 11 is 0. The summed E-state index contributed by atoms with van der Waals surface area (Å²) in [6.45, 7) is 8.17. The second-order valence-corrected chi connectivity index (χ2v) is 4.99. The van der Waals surface area contributed by atoms with Crippen molar-refractivity contribution in [2.45, 2.75) is 33.4 Å². The zero-order valence-corrected chi connectivity index (χ0v) is 11.9. The van der Waals surface area contributed by atoms with E-state index in [-0.39, 0.29) is 11.9 Å². The molecular weight excluding hydrogens is 238 g/mol. The number of nitrogens with zero attached hydrogens (tertiary/aromatic N) is 1.